The average molecular weight is 304 g/mol. The number of nitrogens with one attached hydrogen (secondary N) is 1. The molecule has 0 saturated heterocycles. The molecule has 2 aromatic rings. The molecule has 0 aliphatic heterocycles. The monoisotopic (exact) mass is 303 g/mol. The van der Waals surface area contributed by atoms with Crippen LogP contribution in [0.15, 0.2) is 12.1 Å². The lowest BCUT2D eigenvalue weighted by molar-refractivity contribution is -0.129. The molecule has 0 unspecified atom stereocenters. The van der Waals surface area contributed by atoms with Crippen molar-refractivity contribution in [3.8, 4) is 0 Å². The van der Waals surface area contributed by atoms with E-state index < -0.39 is 0 Å². The number of nitrogens with zero attached hydrogens (tertiary/aromatic N) is 2. The van der Waals surface area contributed by atoms with Gasteiger partial charge in [-0.05, 0) is 24.4 Å². The number of aromatic nitrogens is 2. The lowest BCUT2D eigenvalue weighted by Gasteiger charge is -2.11. The number of fused-ring (bicyclic) bond motifs is 1. The highest BCUT2D eigenvalue weighted by atomic mass is 35.5. The highest BCUT2D eigenvalue weighted by Crippen LogP contribution is 2.27. The van der Waals surface area contributed by atoms with Crippen LogP contribution in [0.25, 0.3) is 11.0 Å². The molecule has 7 heteroatoms. The number of hydrogen-bond donors (Lipinski definition) is 1. The maximum Gasteiger partial charge on any atom is 0.242 e. The van der Waals surface area contributed by atoms with Crippen molar-refractivity contribution in [2.75, 3.05) is 14.1 Å². The van der Waals surface area contributed by atoms with E-state index in [-0.39, 0.29) is 12.5 Å². The Kier molecular flexibility index (Phi) is 3.66. The number of rotatable bonds is 2. The zero-order chi connectivity index (χ0) is 13.4. The van der Waals surface area contributed by atoms with Crippen LogP contribution in [0.4, 0.5) is 0 Å². The maximum atomic E-state index is 11.7. The summed E-state index contributed by atoms with van der Waals surface area (Å²) in [5.74, 6) is -0.0435. The molecule has 0 bridgehead atoms. The van der Waals surface area contributed by atoms with Crippen molar-refractivity contribution < 1.29 is 4.79 Å². The van der Waals surface area contributed by atoms with Crippen molar-refractivity contribution in [1.82, 2.24) is 14.5 Å². The summed E-state index contributed by atoms with van der Waals surface area (Å²) in [6.07, 6.45) is 0. The van der Waals surface area contributed by atoms with Crippen molar-refractivity contribution in [2.24, 2.45) is 0 Å². The van der Waals surface area contributed by atoms with Gasteiger partial charge in [-0.3, -0.25) is 4.79 Å². The van der Waals surface area contributed by atoms with Crippen molar-refractivity contribution in [3.05, 3.63) is 26.9 Å². The zero-order valence-corrected chi connectivity index (χ0v) is 12.2. The smallest absolute Gasteiger partial charge is 0.242 e. The first-order valence-corrected chi connectivity index (χ1v) is 6.34. The number of hydrogen-bond acceptors (Lipinski definition) is 2. The molecule has 0 fully saturated rings. The van der Waals surface area contributed by atoms with Gasteiger partial charge in [0.25, 0.3) is 0 Å². The summed E-state index contributed by atoms with van der Waals surface area (Å²) < 4.78 is 2.17. The van der Waals surface area contributed by atoms with Gasteiger partial charge in [0.05, 0.1) is 21.1 Å². The molecule has 18 heavy (non-hydrogen) atoms. The number of benzene rings is 1. The van der Waals surface area contributed by atoms with Gasteiger partial charge < -0.3 is 14.5 Å². The van der Waals surface area contributed by atoms with Crippen LogP contribution in [0.3, 0.4) is 0 Å². The van der Waals surface area contributed by atoms with Gasteiger partial charge in [-0.25, -0.2) is 0 Å². The summed E-state index contributed by atoms with van der Waals surface area (Å²) in [4.78, 5) is 16.3. The molecule has 1 heterocycles. The van der Waals surface area contributed by atoms with E-state index in [4.69, 9.17) is 35.4 Å². The van der Waals surface area contributed by atoms with Crippen LogP contribution in [0.2, 0.25) is 10.0 Å². The van der Waals surface area contributed by atoms with E-state index in [1.807, 2.05) is 0 Å². The molecule has 0 saturated carbocycles. The second kappa shape index (κ2) is 4.91. The fraction of sp³-hybridized carbons (Fsp3) is 0.273. The number of aromatic amines is 1. The Bertz CT molecular complexity index is 675. The molecule has 1 aromatic carbocycles. The zero-order valence-electron chi connectivity index (χ0n) is 9.83. The van der Waals surface area contributed by atoms with E-state index in [1.165, 1.54) is 4.90 Å². The van der Waals surface area contributed by atoms with Crippen LogP contribution in [0.5, 0.6) is 0 Å². The number of H-pyrrole nitrogens is 1. The molecule has 2 rings (SSSR count). The van der Waals surface area contributed by atoms with Crippen LogP contribution >= 0.6 is 35.4 Å². The highest BCUT2D eigenvalue weighted by molar-refractivity contribution is 7.71. The molecule has 0 atom stereocenters. The van der Waals surface area contributed by atoms with Gasteiger partial charge in [0, 0.05) is 14.1 Å². The number of likely N-dealkylation sites (N-methyl/N-ethyl adjacent to an activating group) is 1. The Morgan fingerprint density at radius 3 is 2.61 bits per heavy atom. The summed E-state index contributed by atoms with van der Waals surface area (Å²) in [5, 5.41) is 0.885. The molecule has 0 spiro atoms. The number of imidazole rings is 1. The molecule has 0 aliphatic carbocycles. The van der Waals surface area contributed by atoms with E-state index in [1.54, 1.807) is 30.8 Å². The van der Waals surface area contributed by atoms with Gasteiger partial charge in [0.2, 0.25) is 5.91 Å². The Morgan fingerprint density at radius 2 is 2.00 bits per heavy atom. The van der Waals surface area contributed by atoms with Gasteiger partial charge in [-0.2, -0.15) is 0 Å². The molecule has 1 aromatic heterocycles. The summed E-state index contributed by atoms with van der Waals surface area (Å²) in [5.41, 5.74) is 1.53. The van der Waals surface area contributed by atoms with Gasteiger partial charge in [0.15, 0.2) is 4.77 Å². The summed E-state index contributed by atoms with van der Waals surface area (Å²) in [6.45, 7) is 0.170. The topological polar surface area (TPSA) is 41.0 Å². The predicted molar refractivity (Wildman–Crippen MR) is 75.8 cm³/mol. The van der Waals surface area contributed by atoms with Crippen molar-refractivity contribution in [3.63, 3.8) is 0 Å². The van der Waals surface area contributed by atoms with Crippen LogP contribution in [-0.4, -0.2) is 34.5 Å². The lowest BCUT2D eigenvalue weighted by Crippen LogP contribution is -2.26. The van der Waals surface area contributed by atoms with Crippen LogP contribution < -0.4 is 0 Å². The third kappa shape index (κ3) is 2.39. The molecule has 0 radical (unpaired) electrons. The normalized spacial score (nSPS) is 10.9. The molecule has 96 valence electrons. The third-order valence-electron chi connectivity index (χ3n) is 2.61. The standard InChI is InChI=1S/C11H11Cl2N3OS/c1-15(2)10(17)5-16-9-4-7(13)6(12)3-8(9)14-11(16)18/h3-4H,5H2,1-2H3,(H,14,18). The van der Waals surface area contributed by atoms with E-state index in [9.17, 15) is 4.79 Å². The minimum atomic E-state index is -0.0435. The van der Waals surface area contributed by atoms with E-state index in [0.717, 1.165) is 11.0 Å². The van der Waals surface area contributed by atoms with Crippen molar-refractivity contribution in [1.29, 1.82) is 0 Å². The number of carbonyl (C=O) groups excluding carboxylic acids is 1. The van der Waals surface area contributed by atoms with Crippen LogP contribution in [0, 0.1) is 4.77 Å². The molecule has 4 nitrogen and oxygen atoms in total. The van der Waals surface area contributed by atoms with E-state index in [0.29, 0.717) is 14.8 Å². The number of carbonyl (C=O) groups is 1. The summed E-state index contributed by atoms with van der Waals surface area (Å²) in [6, 6.07) is 3.40. The van der Waals surface area contributed by atoms with Crippen LogP contribution in [-0.2, 0) is 11.3 Å². The molecular weight excluding hydrogens is 293 g/mol. The quantitative estimate of drug-likeness (QED) is 0.866. The van der Waals surface area contributed by atoms with Gasteiger partial charge in [0.1, 0.15) is 6.54 Å². The minimum Gasteiger partial charge on any atom is -0.347 e. The fourth-order valence-electron chi connectivity index (χ4n) is 1.59. The van der Waals surface area contributed by atoms with Crippen LogP contribution in [0.1, 0.15) is 0 Å². The predicted octanol–water partition coefficient (Wildman–Crippen LogP) is 3.09. The Hall–Kier alpha value is -1.04. The molecule has 0 aliphatic rings. The third-order valence-corrected chi connectivity index (χ3v) is 3.65. The number of amides is 1. The average Bonchev–Trinajstić information content (AvgIpc) is 2.56. The van der Waals surface area contributed by atoms with Gasteiger partial charge >= 0.3 is 0 Å². The second-order valence-corrected chi connectivity index (χ2v) is 5.29. The van der Waals surface area contributed by atoms with E-state index >= 15 is 0 Å². The molecular formula is C11H11Cl2N3OS. The Morgan fingerprint density at radius 1 is 1.39 bits per heavy atom. The summed E-state index contributed by atoms with van der Waals surface area (Å²) >= 11 is 17.1. The number of halogens is 2. The SMILES string of the molecule is CN(C)C(=O)Cn1c(=S)[nH]c2cc(Cl)c(Cl)cc21. The fourth-order valence-corrected chi connectivity index (χ4v) is 2.18. The first kappa shape index (κ1) is 13.4. The highest BCUT2D eigenvalue weighted by Gasteiger charge is 2.12. The first-order valence-electron chi connectivity index (χ1n) is 5.18. The van der Waals surface area contributed by atoms with E-state index in [2.05, 4.69) is 4.98 Å². The second-order valence-electron chi connectivity index (χ2n) is 4.09. The van der Waals surface area contributed by atoms with Gasteiger partial charge in [-0.15, -0.1) is 0 Å². The molecule has 1 N–H and O–H groups in total. The minimum absolute atomic E-state index is 0.0435. The summed E-state index contributed by atoms with van der Waals surface area (Å²) in [7, 11) is 3.40. The molecule has 1 amide bonds. The maximum absolute atomic E-state index is 11.7. The Labute approximate surface area is 119 Å². The lowest BCUT2D eigenvalue weighted by atomic mass is 10.3. The Balaban J connectivity index is 2.57. The van der Waals surface area contributed by atoms with Crippen molar-refractivity contribution in [2.45, 2.75) is 6.54 Å². The van der Waals surface area contributed by atoms with Gasteiger partial charge in [-0.1, -0.05) is 23.2 Å². The van der Waals surface area contributed by atoms with Crippen molar-refractivity contribution >= 4 is 52.4 Å². The largest absolute Gasteiger partial charge is 0.347 e. The first-order chi connectivity index (χ1) is 8.40.